The highest BCUT2D eigenvalue weighted by Crippen LogP contribution is 2.33. The van der Waals surface area contributed by atoms with Crippen LogP contribution in [0.25, 0.3) is 11.4 Å². The van der Waals surface area contributed by atoms with Crippen LogP contribution in [0.2, 0.25) is 0 Å². The fourth-order valence-electron chi connectivity index (χ4n) is 3.26. The van der Waals surface area contributed by atoms with E-state index in [4.69, 9.17) is 0 Å². The number of carbonyl (C=O) groups is 2. The number of thiazole rings is 1. The number of nitrogens with one attached hydrogen (secondary N) is 1. The van der Waals surface area contributed by atoms with Crippen LogP contribution in [0.15, 0.2) is 10.5 Å². The third-order valence-corrected chi connectivity index (χ3v) is 7.82. The lowest BCUT2D eigenvalue weighted by atomic mass is 10.1. The Kier molecular flexibility index (Phi) is 8.07. The second kappa shape index (κ2) is 10.6. The van der Waals surface area contributed by atoms with Gasteiger partial charge >= 0.3 is 0 Å². The summed E-state index contributed by atoms with van der Waals surface area (Å²) in [5, 5.41) is 14.9. The number of thiophene rings is 1. The monoisotopic (exact) mass is 492 g/mol. The summed E-state index contributed by atoms with van der Waals surface area (Å²) < 4.78 is 2.10. The van der Waals surface area contributed by atoms with Gasteiger partial charge in [0.05, 0.1) is 11.4 Å². The van der Waals surface area contributed by atoms with Crippen molar-refractivity contribution in [3.63, 3.8) is 0 Å². The summed E-state index contributed by atoms with van der Waals surface area (Å²) in [5.41, 5.74) is 3.04. The minimum Gasteiger partial charge on any atom is -0.344 e. The van der Waals surface area contributed by atoms with Gasteiger partial charge in [-0.2, -0.15) is 0 Å². The van der Waals surface area contributed by atoms with E-state index in [1.54, 1.807) is 32.4 Å². The standard InChI is InChI=1S/C21H28N6O2S3/c1-7-9-27-18(15-10-30-13(4)14(15)8-2)24-25-21(27)31-11-16(28)23-20-22-12(3)17(32-20)19(29)26(5)6/h10H,7-9,11H2,1-6H3,(H,22,23,28). The average Bonchev–Trinajstić information content (AvgIpc) is 3.42. The van der Waals surface area contributed by atoms with Gasteiger partial charge in [-0.3, -0.25) is 9.59 Å². The summed E-state index contributed by atoms with van der Waals surface area (Å²) in [4.78, 5) is 32.4. The Bertz CT molecular complexity index is 1120. The van der Waals surface area contributed by atoms with Crippen LogP contribution in [-0.2, 0) is 17.8 Å². The minimum atomic E-state index is -0.194. The molecule has 0 fully saturated rings. The molecule has 3 aromatic rings. The summed E-state index contributed by atoms with van der Waals surface area (Å²) in [5.74, 6) is 0.727. The van der Waals surface area contributed by atoms with Crippen LogP contribution in [-0.4, -0.2) is 56.3 Å². The third-order valence-electron chi connectivity index (χ3n) is 4.84. The van der Waals surface area contributed by atoms with Gasteiger partial charge in [0.2, 0.25) is 5.91 Å². The predicted molar refractivity (Wildman–Crippen MR) is 132 cm³/mol. The zero-order valence-electron chi connectivity index (χ0n) is 19.2. The predicted octanol–water partition coefficient (Wildman–Crippen LogP) is 4.48. The van der Waals surface area contributed by atoms with Crippen molar-refractivity contribution >= 4 is 51.4 Å². The molecule has 0 unspecified atom stereocenters. The summed E-state index contributed by atoms with van der Waals surface area (Å²) >= 11 is 4.27. The fraction of sp³-hybridized carbons (Fsp3) is 0.476. The normalized spacial score (nSPS) is 11.1. The third kappa shape index (κ3) is 5.21. The van der Waals surface area contributed by atoms with E-state index < -0.39 is 0 Å². The minimum absolute atomic E-state index is 0.120. The lowest BCUT2D eigenvalue weighted by Gasteiger charge is -2.09. The van der Waals surface area contributed by atoms with Gasteiger partial charge in [-0.25, -0.2) is 4.98 Å². The molecular formula is C21H28N6O2S3. The molecule has 3 aromatic heterocycles. The van der Waals surface area contributed by atoms with Crippen molar-refractivity contribution in [1.82, 2.24) is 24.6 Å². The molecule has 2 amide bonds. The van der Waals surface area contributed by atoms with Gasteiger partial charge in [0.15, 0.2) is 16.1 Å². The van der Waals surface area contributed by atoms with Crippen LogP contribution in [0.3, 0.4) is 0 Å². The molecule has 0 aliphatic heterocycles. The molecule has 0 atom stereocenters. The number of anilines is 1. The van der Waals surface area contributed by atoms with Crippen LogP contribution in [0.5, 0.6) is 0 Å². The summed E-state index contributed by atoms with van der Waals surface area (Å²) in [6.07, 6.45) is 1.89. The zero-order valence-corrected chi connectivity index (χ0v) is 21.6. The quantitative estimate of drug-likeness (QED) is 0.443. The number of carbonyl (C=O) groups excluding carboxylic acids is 2. The molecule has 0 aliphatic carbocycles. The maximum atomic E-state index is 12.5. The highest BCUT2D eigenvalue weighted by molar-refractivity contribution is 7.99. The first-order valence-corrected chi connectivity index (χ1v) is 13.1. The number of thioether (sulfide) groups is 1. The Morgan fingerprint density at radius 1 is 1.22 bits per heavy atom. The van der Waals surface area contributed by atoms with Gasteiger partial charge in [-0.05, 0) is 32.3 Å². The molecule has 3 heterocycles. The molecule has 3 rings (SSSR count). The van der Waals surface area contributed by atoms with E-state index in [2.05, 4.69) is 51.2 Å². The highest BCUT2D eigenvalue weighted by Gasteiger charge is 2.21. The second-order valence-electron chi connectivity index (χ2n) is 7.47. The zero-order chi connectivity index (χ0) is 23.4. The van der Waals surface area contributed by atoms with Crippen LogP contribution in [0, 0.1) is 13.8 Å². The van der Waals surface area contributed by atoms with Gasteiger partial charge in [0.25, 0.3) is 5.91 Å². The highest BCUT2D eigenvalue weighted by atomic mass is 32.2. The molecule has 0 saturated heterocycles. The van der Waals surface area contributed by atoms with E-state index in [0.29, 0.717) is 15.7 Å². The Morgan fingerprint density at radius 2 is 1.97 bits per heavy atom. The van der Waals surface area contributed by atoms with Gasteiger partial charge in [-0.1, -0.05) is 36.9 Å². The number of aryl methyl sites for hydroxylation is 2. The first kappa shape index (κ1) is 24.4. The molecule has 0 aromatic carbocycles. The average molecular weight is 493 g/mol. The van der Waals surface area contributed by atoms with Crippen molar-refractivity contribution in [1.29, 1.82) is 0 Å². The van der Waals surface area contributed by atoms with Crippen molar-refractivity contribution in [3.8, 4) is 11.4 Å². The first-order valence-electron chi connectivity index (χ1n) is 10.4. The lowest BCUT2D eigenvalue weighted by Crippen LogP contribution is -2.21. The molecule has 0 aliphatic rings. The molecule has 172 valence electrons. The molecule has 0 radical (unpaired) electrons. The summed E-state index contributed by atoms with van der Waals surface area (Å²) in [7, 11) is 3.38. The van der Waals surface area contributed by atoms with E-state index >= 15 is 0 Å². The Morgan fingerprint density at radius 3 is 2.62 bits per heavy atom. The molecule has 0 saturated carbocycles. The molecular weight excluding hydrogens is 464 g/mol. The van der Waals surface area contributed by atoms with Crippen molar-refractivity contribution < 1.29 is 9.59 Å². The van der Waals surface area contributed by atoms with Gasteiger partial charge < -0.3 is 14.8 Å². The van der Waals surface area contributed by atoms with Gasteiger partial charge in [-0.15, -0.1) is 21.5 Å². The molecule has 32 heavy (non-hydrogen) atoms. The largest absolute Gasteiger partial charge is 0.344 e. The number of nitrogens with zero attached hydrogens (tertiary/aromatic N) is 5. The van der Waals surface area contributed by atoms with Crippen LogP contribution in [0.1, 0.15) is 46.1 Å². The van der Waals surface area contributed by atoms with Crippen LogP contribution >= 0.6 is 34.4 Å². The molecule has 11 heteroatoms. The number of hydrogen-bond acceptors (Lipinski definition) is 8. The topological polar surface area (TPSA) is 93.0 Å². The van der Waals surface area contributed by atoms with Gasteiger partial charge in [0, 0.05) is 36.5 Å². The maximum Gasteiger partial charge on any atom is 0.265 e. The van der Waals surface area contributed by atoms with E-state index in [1.165, 1.54) is 38.4 Å². The van der Waals surface area contributed by atoms with Crippen molar-refractivity contribution in [2.24, 2.45) is 0 Å². The Labute approximate surface area is 200 Å². The van der Waals surface area contributed by atoms with E-state index in [1.807, 2.05) is 0 Å². The molecule has 0 bridgehead atoms. The van der Waals surface area contributed by atoms with Crippen LogP contribution < -0.4 is 5.32 Å². The Hall–Kier alpha value is -2.24. The molecule has 0 spiro atoms. The number of rotatable bonds is 9. The first-order chi connectivity index (χ1) is 15.3. The maximum absolute atomic E-state index is 12.5. The number of hydrogen-bond donors (Lipinski definition) is 1. The Balaban J connectivity index is 1.72. The summed E-state index contributed by atoms with van der Waals surface area (Å²) in [6, 6.07) is 0. The smallest absolute Gasteiger partial charge is 0.265 e. The van der Waals surface area contributed by atoms with Crippen molar-refractivity contribution in [2.45, 2.75) is 52.2 Å². The van der Waals surface area contributed by atoms with E-state index in [9.17, 15) is 9.59 Å². The number of aromatic nitrogens is 4. The fourth-order valence-corrected chi connectivity index (χ4v) is 5.97. The summed E-state index contributed by atoms with van der Waals surface area (Å²) in [6.45, 7) is 8.94. The lowest BCUT2D eigenvalue weighted by molar-refractivity contribution is -0.113. The number of amides is 2. The molecule has 8 nitrogen and oxygen atoms in total. The molecule has 1 N–H and O–H groups in total. The van der Waals surface area contributed by atoms with E-state index in [0.717, 1.165) is 35.9 Å². The SMILES string of the molecule is CCCn1c(SCC(=O)Nc2nc(C)c(C(=O)N(C)C)s2)nnc1-c1csc(C)c1CC. The van der Waals surface area contributed by atoms with Gasteiger partial charge in [0.1, 0.15) is 4.88 Å². The van der Waals surface area contributed by atoms with Crippen molar-refractivity contribution in [2.75, 3.05) is 25.2 Å². The van der Waals surface area contributed by atoms with Crippen molar-refractivity contribution in [3.05, 3.63) is 26.4 Å². The second-order valence-corrected chi connectivity index (χ2v) is 10.5. The van der Waals surface area contributed by atoms with E-state index in [-0.39, 0.29) is 17.6 Å². The van der Waals surface area contributed by atoms with Crippen LogP contribution in [0.4, 0.5) is 5.13 Å².